The van der Waals surface area contributed by atoms with Crippen LogP contribution in [0.25, 0.3) is 0 Å². The van der Waals surface area contributed by atoms with E-state index in [1.165, 1.54) is 0 Å². The van der Waals surface area contributed by atoms with E-state index in [-0.39, 0.29) is 11.3 Å². The molecule has 2 aromatic rings. The number of aromatic nitrogens is 2. The Morgan fingerprint density at radius 1 is 1.32 bits per heavy atom. The van der Waals surface area contributed by atoms with Gasteiger partial charge in [0.1, 0.15) is 11.5 Å². The number of aryl methyl sites for hydroxylation is 3. The Balaban J connectivity index is 1.41. The van der Waals surface area contributed by atoms with Gasteiger partial charge in [0, 0.05) is 25.8 Å². The fourth-order valence-electron chi connectivity index (χ4n) is 4.67. The number of hydrogen-bond acceptors (Lipinski definition) is 5. The third-order valence-corrected chi connectivity index (χ3v) is 6.34. The molecule has 4 rings (SSSR count). The predicted molar refractivity (Wildman–Crippen MR) is 105 cm³/mol. The summed E-state index contributed by atoms with van der Waals surface area (Å²) < 4.78 is 7.43. The molecule has 7 nitrogen and oxygen atoms in total. The van der Waals surface area contributed by atoms with Gasteiger partial charge in [-0.15, -0.1) is 0 Å². The van der Waals surface area contributed by atoms with E-state index in [9.17, 15) is 9.90 Å². The van der Waals surface area contributed by atoms with Gasteiger partial charge in [0.25, 0.3) is 5.91 Å². The number of carbonyl (C=O) groups excluding carboxylic acids is 1. The van der Waals surface area contributed by atoms with Crippen LogP contribution in [0.5, 0.6) is 0 Å². The Kier molecular flexibility index (Phi) is 5.05. The Hall–Kier alpha value is -2.12. The SMILES string of the molecule is Cc1ccc(CN2CCC3(CC2)CC(O)CN(C(=O)c2cc(C)n(C)n2)C3)o1. The topological polar surface area (TPSA) is 74.7 Å². The lowest BCUT2D eigenvalue weighted by Gasteiger charge is -2.49. The van der Waals surface area contributed by atoms with Crippen LogP contribution >= 0.6 is 0 Å². The first kappa shape index (κ1) is 19.2. The first-order valence-corrected chi connectivity index (χ1v) is 10.1. The normalized spacial score (nSPS) is 22.7. The smallest absolute Gasteiger partial charge is 0.274 e. The summed E-state index contributed by atoms with van der Waals surface area (Å²) in [6, 6.07) is 5.87. The molecule has 1 atom stereocenters. The number of hydrogen-bond donors (Lipinski definition) is 1. The lowest BCUT2D eigenvalue weighted by Crippen LogP contribution is -2.55. The van der Waals surface area contributed by atoms with Crippen LogP contribution in [-0.2, 0) is 13.6 Å². The minimum atomic E-state index is -0.471. The monoisotopic (exact) mass is 386 g/mol. The average Bonchev–Trinajstić information content (AvgIpc) is 3.21. The van der Waals surface area contributed by atoms with E-state index in [4.69, 9.17) is 4.42 Å². The van der Waals surface area contributed by atoms with Crippen molar-refractivity contribution < 1.29 is 14.3 Å². The van der Waals surface area contributed by atoms with Gasteiger partial charge in [0.2, 0.25) is 0 Å². The number of β-amino-alcohol motifs (C(OH)–C–C–N with tert-alkyl or cyclic N) is 1. The third kappa shape index (κ3) is 3.86. The quantitative estimate of drug-likeness (QED) is 0.875. The van der Waals surface area contributed by atoms with Crippen molar-refractivity contribution in [1.82, 2.24) is 19.6 Å². The van der Waals surface area contributed by atoms with Crippen molar-refractivity contribution in [3.05, 3.63) is 41.1 Å². The maximum atomic E-state index is 13.0. The van der Waals surface area contributed by atoms with Crippen molar-refractivity contribution in [2.24, 2.45) is 12.5 Å². The van der Waals surface area contributed by atoms with E-state index in [0.717, 1.165) is 56.1 Å². The molecule has 0 aliphatic carbocycles. The maximum absolute atomic E-state index is 13.0. The fourth-order valence-corrected chi connectivity index (χ4v) is 4.67. The summed E-state index contributed by atoms with van der Waals surface area (Å²) in [6.07, 6.45) is 2.26. The Labute approximate surface area is 165 Å². The number of furan rings is 1. The van der Waals surface area contributed by atoms with Crippen molar-refractivity contribution in [3.63, 3.8) is 0 Å². The highest BCUT2D eigenvalue weighted by Gasteiger charge is 2.43. The van der Waals surface area contributed by atoms with Gasteiger partial charge in [-0.2, -0.15) is 5.10 Å². The molecular weight excluding hydrogens is 356 g/mol. The highest BCUT2D eigenvalue weighted by molar-refractivity contribution is 5.92. The average molecular weight is 386 g/mol. The molecule has 7 heteroatoms. The first-order chi connectivity index (χ1) is 13.3. The zero-order valence-electron chi connectivity index (χ0n) is 17.0. The molecule has 0 bridgehead atoms. The summed E-state index contributed by atoms with van der Waals surface area (Å²) in [5.74, 6) is 1.87. The van der Waals surface area contributed by atoms with E-state index >= 15 is 0 Å². The Morgan fingerprint density at radius 2 is 2.07 bits per heavy atom. The molecule has 2 saturated heterocycles. The van der Waals surface area contributed by atoms with Crippen LogP contribution in [0.1, 0.15) is 47.0 Å². The molecule has 0 saturated carbocycles. The van der Waals surface area contributed by atoms with Crippen molar-refractivity contribution in [2.45, 2.75) is 45.8 Å². The zero-order chi connectivity index (χ0) is 19.9. The third-order valence-electron chi connectivity index (χ3n) is 6.34. The number of likely N-dealkylation sites (tertiary alicyclic amines) is 2. The summed E-state index contributed by atoms with van der Waals surface area (Å²) in [4.78, 5) is 17.2. The second kappa shape index (κ2) is 7.37. The molecule has 1 amide bonds. The summed E-state index contributed by atoms with van der Waals surface area (Å²) in [5.41, 5.74) is 1.42. The van der Waals surface area contributed by atoms with Crippen LogP contribution in [0.4, 0.5) is 0 Å². The molecule has 2 fully saturated rings. The summed E-state index contributed by atoms with van der Waals surface area (Å²) >= 11 is 0. The van der Waals surface area contributed by atoms with Crippen LogP contribution in [0.3, 0.4) is 0 Å². The molecule has 1 spiro atoms. The van der Waals surface area contributed by atoms with Crippen molar-refractivity contribution in [3.8, 4) is 0 Å². The highest BCUT2D eigenvalue weighted by Crippen LogP contribution is 2.40. The minimum absolute atomic E-state index is 0.00721. The molecule has 1 N–H and O–H groups in total. The van der Waals surface area contributed by atoms with Gasteiger partial charge in [-0.05, 0) is 69.8 Å². The molecule has 1 unspecified atom stereocenters. The van der Waals surface area contributed by atoms with Crippen molar-refractivity contribution in [2.75, 3.05) is 26.2 Å². The van der Waals surface area contributed by atoms with E-state index in [0.29, 0.717) is 18.8 Å². The minimum Gasteiger partial charge on any atom is -0.465 e. The number of carbonyl (C=O) groups is 1. The van der Waals surface area contributed by atoms with Gasteiger partial charge in [-0.3, -0.25) is 14.4 Å². The zero-order valence-corrected chi connectivity index (χ0v) is 17.0. The largest absolute Gasteiger partial charge is 0.465 e. The molecule has 2 aliphatic rings. The molecule has 0 radical (unpaired) electrons. The fraction of sp³-hybridized carbons (Fsp3) is 0.619. The lowest BCUT2D eigenvalue weighted by molar-refractivity contribution is -0.0345. The van der Waals surface area contributed by atoms with E-state index < -0.39 is 6.10 Å². The number of aliphatic hydroxyl groups excluding tert-OH is 1. The second-order valence-corrected chi connectivity index (χ2v) is 8.63. The van der Waals surface area contributed by atoms with Gasteiger partial charge in [-0.25, -0.2) is 0 Å². The Bertz CT molecular complexity index is 828. The van der Waals surface area contributed by atoms with Gasteiger partial charge >= 0.3 is 0 Å². The standard InChI is InChI=1S/C21H30N4O3/c1-15-10-19(22-23(15)3)20(27)25-12-17(26)11-21(14-25)6-8-24(9-7-21)13-18-5-4-16(2)28-18/h4-5,10,17,26H,6-9,11-14H2,1-3H3. The van der Waals surface area contributed by atoms with Crippen LogP contribution in [0, 0.1) is 19.3 Å². The molecule has 152 valence electrons. The van der Waals surface area contributed by atoms with Gasteiger partial charge in [-0.1, -0.05) is 0 Å². The lowest BCUT2D eigenvalue weighted by atomic mass is 9.71. The molecule has 2 aliphatic heterocycles. The number of nitrogens with zero attached hydrogens (tertiary/aromatic N) is 4. The van der Waals surface area contributed by atoms with Crippen LogP contribution in [0.2, 0.25) is 0 Å². The number of piperidine rings is 2. The molecular formula is C21H30N4O3. The first-order valence-electron chi connectivity index (χ1n) is 10.1. The Morgan fingerprint density at radius 3 is 2.68 bits per heavy atom. The highest BCUT2D eigenvalue weighted by atomic mass is 16.3. The number of aliphatic hydroxyl groups is 1. The summed E-state index contributed by atoms with van der Waals surface area (Å²) in [5, 5.41) is 14.8. The number of amides is 1. The van der Waals surface area contributed by atoms with E-state index in [2.05, 4.69) is 10.00 Å². The van der Waals surface area contributed by atoms with Crippen LogP contribution in [0.15, 0.2) is 22.6 Å². The molecule has 2 aromatic heterocycles. The van der Waals surface area contributed by atoms with Gasteiger partial charge in [0.15, 0.2) is 5.69 Å². The van der Waals surface area contributed by atoms with Crippen molar-refractivity contribution in [1.29, 1.82) is 0 Å². The van der Waals surface area contributed by atoms with Gasteiger partial charge < -0.3 is 14.4 Å². The summed E-state index contributed by atoms with van der Waals surface area (Å²) in [6.45, 7) is 7.73. The van der Waals surface area contributed by atoms with E-state index in [1.807, 2.05) is 44.0 Å². The van der Waals surface area contributed by atoms with Crippen LogP contribution < -0.4 is 0 Å². The van der Waals surface area contributed by atoms with Crippen LogP contribution in [-0.4, -0.2) is 62.9 Å². The van der Waals surface area contributed by atoms with Gasteiger partial charge in [0.05, 0.1) is 12.6 Å². The molecule has 0 aromatic carbocycles. The second-order valence-electron chi connectivity index (χ2n) is 8.63. The maximum Gasteiger partial charge on any atom is 0.274 e. The number of rotatable bonds is 3. The molecule has 4 heterocycles. The predicted octanol–water partition coefficient (Wildman–Crippen LogP) is 2.12. The molecule has 28 heavy (non-hydrogen) atoms. The summed E-state index contributed by atoms with van der Waals surface area (Å²) in [7, 11) is 1.84. The van der Waals surface area contributed by atoms with Crippen molar-refractivity contribution >= 4 is 5.91 Å². The van der Waals surface area contributed by atoms with E-state index in [1.54, 1.807) is 4.68 Å².